The Hall–Kier alpha value is -4.50. The average molecular weight is 581 g/mol. The highest BCUT2D eigenvalue weighted by molar-refractivity contribution is 7.89. The van der Waals surface area contributed by atoms with E-state index in [1.165, 1.54) is 4.31 Å². The molecule has 4 aromatic rings. The van der Waals surface area contributed by atoms with Crippen LogP contribution in [-0.2, 0) is 16.4 Å². The molecule has 1 aliphatic rings. The monoisotopic (exact) mass is 580 g/mol. The lowest BCUT2D eigenvalue weighted by molar-refractivity contribution is -0.396. The van der Waals surface area contributed by atoms with Crippen LogP contribution < -0.4 is 4.90 Å². The molecule has 3 heterocycles. The number of para-hydroxylation sites is 1. The van der Waals surface area contributed by atoms with E-state index in [1.54, 1.807) is 4.68 Å². The van der Waals surface area contributed by atoms with Gasteiger partial charge in [0.05, 0.1) is 32.7 Å². The van der Waals surface area contributed by atoms with Gasteiger partial charge in [-0.15, -0.1) is 0 Å². The standard InChI is InChI=1S/C26H28N8O6S/c1-3-8-23-27-25(24-18(2)29-32(26(24)28-23)19-9-5-4-6-10-19)30-13-7-14-31(16-15-30)41(39,40)22-12-11-20(33(35)36)17-21(22)34(37)38/h4-6,9-12,17H,3,7-8,13-16H2,1-2H3. The maximum atomic E-state index is 13.5. The summed E-state index contributed by atoms with van der Waals surface area (Å²) in [6, 6.07) is 12.2. The van der Waals surface area contributed by atoms with E-state index < -0.39 is 36.1 Å². The molecule has 0 bridgehead atoms. The second kappa shape index (κ2) is 11.2. The molecule has 0 aliphatic carbocycles. The van der Waals surface area contributed by atoms with E-state index in [-0.39, 0.29) is 19.6 Å². The number of fused-ring (bicyclic) bond motifs is 1. The van der Waals surface area contributed by atoms with E-state index in [1.807, 2.05) is 49.1 Å². The van der Waals surface area contributed by atoms with E-state index in [4.69, 9.17) is 15.1 Å². The number of benzene rings is 2. The smallest absolute Gasteiger partial charge is 0.296 e. The van der Waals surface area contributed by atoms with Crippen molar-refractivity contribution in [2.75, 3.05) is 31.1 Å². The molecule has 14 nitrogen and oxygen atoms in total. The Balaban J connectivity index is 1.51. The first kappa shape index (κ1) is 28.0. The van der Waals surface area contributed by atoms with E-state index in [0.717, 1.165) is 35.3 Å². The molecule has 0 unspecified atom stereocenters. The first-order valence-electron chi connectivity index (χ1n) is 13.1. The van der Waals surface area contributed by atoms with Gasteiger partial charge in [-0.2, -0.15) is 9.40 Å². The van der Waals surface area contributed by atoms with Gasteiger partial charge in [-0.05, 0) is 38.0 Å². The fraction of sp³-hybridized carbons (Fsp3) is 0.346. The molecule has 41 heavy (non-hydrogen) atoms. The number of aryl methyl sites for hydroxylation is 2. The van der Waals surface area contributed by atoms with Gasteiger partial charge < -0.3 is 4.90 Å². The van der Waals surface area contributed by atoms with Crippen molar-refractivity contribution >= 4 is 38.2 Å². The van der Waals surface area contributed by atoms with Crippen LogP contribution in [0.2, 0.25) is 0 Å². The lowest BCUT2D eigenvalue weighted by Gasteiger charge is -2.24. The summed E-state index contributed by atoms with van der Waals surface area (Å²) >= 11 is 0. The van der Waals surface area contributed by atoms with Crippen LogP contribution in [0.5, 0.6) is 0 Å². The van der Waals surface area contributed by atoms with Crippen molar-refractivity contribution in [2.24, 2.45) is 0 Å². The highest BCUT2D eigenvalue weighted by Gasteiger charge is 2.35. The molecule has 0 N–H and O–H groups in total. The zero-order valence-corrected chi connectivity index (χ0v) is 23.3. The molecule has 1 fully saturated rings. The SMILES string of the molecule is CCCc1nc(N2CCCN(S(=O)(=O)c3ccc([N+](=O)[O-])cc3[N+](=O)[O-])CC2)c2c(C)nn(-c3ccccc3)c2n1. The number of hydrogen-bond donors (Lipinski definition) is 0. The van der Waals surface area contributed by atoms with E-state index in [9.17, 15) is 28.6 Å². The maximum absolute atomic E-state index is 13.5. The summed E-state index contributed by atoms with van der Waals surface area (Å²) in [7, 11) is -4.32. The number of nitro groups is 2. The number of non-ortho nitro benzene ring substituents is 1. The minimum absolute atomic E-state index is 0.0386. The van der Waals surface area contributed by atoms with Gasteiger partial charge in [0.25, 0.3) is 11.4 Å². The van der Waals surface area contributed by atoms with E-state index >= 15 is 0 Å². The predicted molar refractivity (Wildman–Crippen MR) is 151 cm³/mol. The Morgan fingerprint density at radius 3 is 2.39 bits per heavy atom. The number of rotatable bonds is 8. The third-order valence-corrected chi connectivity index (χ3v) is 8.87. The van der Waals surface area contributed by atoms with Crippen LogP contribution in [0.25, 0.3) is 16.7 Å². The Bertz CT molecular complexity index is 1740. The first-order chi connectivity index (χ1) is 19.6. The molecule has 0 spiro atoms. The lowest BCUT2D eigenvalue weighted by Crippen LogP contribution is -2.35. The van der Waals surface area contributed by atoms with Gasteiger partial charge in [0.15, 0.2) is 10.5 Å². The van der Waals surface area contributed by atoms with Gasteiger partial charge in [0, 0.05) is 38.7 Å². The van der Waals surface area contributed by atoms with Gasteiger partial charge in [-0.3, -0.25) is 20.2 Å². The summed E-state index contributed by atoms with van der Waals surface area (Å²) in [6.45, 7) is 4.84. The molecule has 5 rings (SSSR count). The van der Waals surface area contributed by atoms with Crippen molar-refractivity contribution in [3.8, 4) is 5.69 Å². The molecule has 214 valence electrons. The molecule has 2 aromatic carbocycles. The summed E-state index contributed by atoms with van der Waals surface area (Å²) in [6.07, 6.45) is 1.92. The van der Waals surface area contributed by atoms with Crippen LogP contribution in [0.4, 0.5) is 17.2 Å². The largest absolute Gasteiger partial charge is 0.355 e. The summed E-state index contributed by atoms with van der Waals surface area (Å²) in [4.78, 5) is 32.2. The van der Waals surface area contributed by atoms with Gasteiger partial charge in [0.1, 0.15) is 11.6 Å². The number of aromatic nitrogens is 4. The molecule has 0 amide bonds. The summed E-state index contributed by atoms with van der Waals surface area (Å²) in [5.74, 6) is 1.32. The molecule has 1 aliphatic heterocycles. The Kier molecular flexibility index (Phi) is 7.64. The van der Waals surface area contributed by atoms with Crippen molar-refractivity contribution in [2.45, 2.75) is 38.0 Å². The third kappa shape index (κ3) is 5.32. The van der Waals surface area contributed by atoms with E-state index in [2.05, 4.69) is 0 Å². The number of nitro benzene ring substituents is 2. The van der Waals surface area contributed by atoms with Gasteiger partial charge >= 0.3 is 0 Å². The zero-order valence-electron chi connectivity index (χ0n) is 22.5. The third-order valence-electron chi connectivity index (χ3n) is 6.93. The number of hydrogen-bond acceptors (Lipinski definition) is 10. The van der Waals surface area contributed by atoms with E-state index in [0.29, 0.717) is 42.7 Å². The highest BCUT2D eigenvalue weighted by Crippen LogP contribution is 2.33. The summed E-state index contributed by atoms with van der Waals surface area (Å²) < 4.78 is 30.1. The molecule has 0 atom stereocenters. The van der Waals surface area contributed by atoms with Crippen molar-refractivity contribution in [1.82, 2.24) is 24.1 Å². The average Bonchev–Trinajstić information content (AvgIpc) is 3.11. The number of sulfonamides is 1. The van der Waals surface area contributed by atoms with Crippen molar-refractivity contribution in [1.29, 1.82) is 0 Å². The Morgan fingerprint density at radius 2 is 1.71 bits per heavy atom. The van der Waals surface area contributed by atoms with Crippen molar-refractivity contribution < 1.29 is 18.3 Å². The minimum atomic E-state index is -4.32. The van der Waals surface area contributed by atoms with Gasteiger partial charge in [0.2, 0.25) is 10.0 Å². The second-order valence-electron chi connectivity index (χ2n) is 9.66. The summed E-state index contributed by atoms with van der Waals surface area (Å²) in [5.41, 5.74) is 0.871. The second-order valence-corrected chi connectivity index (χ2v) is 11.6. The normalized spacial score (nSPS) is 14.7. The fourth-order valence-electron chi connectivity index (χ4n) is 4.98. The quantitative estimate of drug-likeness (QED) is 0.221. The molecular formula is C26H28N8O6S. The fourth-order valence-corrected chi connectivity index (χ4v) is 6.59. The molecule has 1 saturated heterocycles. The van der Waals surface area contributed by atoms with Crippen LogP contribution in [0.15, 0.2) is 53.4 Å². The number of anilines is 1. The van der Waals surface area contributed by atoms with Crippen LogP contribution in [0, 0.1) is 27.2 Å². The Morgan fingerprint density at radius 1 is 0.951 bits per heavy atom. The van der Waals surface area contributed by atoms with Crippen LogP contribution >= 0.6 is 0 Å². The Labute approximate surface area is 235 Å². The minimum Gasteiger partial charge on any atom is -0.355 e. The molecule has 0 saturated carbocycles. The lowest BCUT2D eigenvalue weighted by atomic mass is 10.2. The van der Waals surface area contributed by atoms with Crippen molar-refractivity contribution in [3.05, 3.63) is 80.3 Å². The maximum Gasteiger partial charge on any atom is 0.296 e. The predicted octanol–water partition coefficient (Wildman–Crippen LogP) is 3.79. The summed E-state index contributed by atoms with van der Waals surface area (Å²) in [5, 5.41) is 28.3. The zero-order chi connectivity index (χ0) is 29.3. The van der Waals surface area contributed by atoms with Crippen LogP contribution in [-0.4, -0.2) is 68.5 Å². The molecule has 0 radical (unpaired) electrons. The first-order valence-corrected chi connectivity index (χ1v) is 14.6. The number of nitrogens with zero attached hydrogens (tertiary/aromatic N) is 8. The van der Waals surface area contributed by atoms with Gasteiger partial charge in [-0.1, -0.05) is 25.1 Å². The van der Waals surface area contributed by atoms with Crippen LogP contribution in [0.3, 0.4) is 0 Å². The van der Waals surface area contributed by atoms with Gasteiger partial charge in [-0.25, -0.2) is 23.1 Å². The highest BCUT2D eigenvalue weighted by atomic mass is 32.2. The molecule has 15 heteroatoms. The molecule has 2 aromatic heterocycles. The topological polar surface area (TPSA) is 170 Å². The van der Waals surface area contributed by atoms with Crippen LogP contribution in [0.1, 0.15) is 31.3 Å². The van der Waals surface area contributed by atoms with Crippen molar-refractivity contribution in [3.63, 3.8) is 0 Å². The molecular weight excluding hydrogens is 552 g/mol.